The number of benzene rings is 1. The van der Waals surface area contributed by atoms with Gasteiger partial charge in [-0.15, -0.1) is 0 Å². The maximum absolute atomic E-state index is 12.4. The maximum atomic E-state index is 12.4. The van der Waals surface area contributed by atoms with Crippen LogP contribution in [-0.4, -0.2) is 31.4 Å². The summed E-state index contributed by atoms with van der Waals surface area (Å²) >= 11 is 0. The molecule has 21 heavy (non-hydrogen) atoms. The van der Waals surface area contributed by atoms with Gasteiger partial charge in [0.2, 0.25) is 11.8 Å². The number of nitrogens with one attached hydrogen (secondary N) is 3. The monoisotopic (exact) mass is 287 g/mol. The summed E-state index contributed by atoms with van der Waals surface area (Å²) in [5.41, 5.74) is 1.67. The van der Waals surface area contributed by atoms with Gasteiger partial charge in [0.05, 0.1) is 5.92 Å². The molecule has 2 atom stereocenters. The van der Waals surface area contributed by atoms with E-state index in [1.807, 2.05) is 24.3 Å². The van der Waals surface area contributed by atoms with Crippen molar-refractivity contribution in [3.63, 3.8) is 0 Å². The zero-order chi connectivity index (χ0) is 14.7. The molecule has 2 aliphatic heterocycles. The first-order chi connectivity index (χ1) is 10.2. The molecule has 0 radical (unpaired) electrons. The van der Waals surface area contributed by atoms with Gasteiger partial charge in [0, 0.05) is 18.7 Å². The minimum Gasteiger partial charge on any atom is -0.356 e. The van der Waals surface area contributed by atoms with E-state index in [2.05, 4.69) is 16.0 Å². The highest BCUT2D eigenvalue weighted by Crippen LogP contribution is 2.31. The highest BCUT2D eigenvalue weighted by molar-refractivity contribution is 6.01. The Morgan fingerprint density at radius 1 is 1.33 bits per heavy atom. The van der Waals surface area contributed by atoms with Crippen molar-refractivity contribution in [1.82, 2.24) is 10.6 Å². The van der Waals surface area contributed by atoms with Crippen LogP contribution in [0.4, 0.5) is 5.69 Å². The second-order valence-electron chi connectivity index (χ2n) is 5.83. The van der Waals surface area contributed by atoms with Crippen LogP contribution < -0.4 is 16.0 Å². The lowest BCUT2D eigenvalue weighted by Gasteiger charge is -2.25. The Bertz CT molecular complexity index is 538. The van der Waals surface area contributed by atoms with Crippen LogP contribution in [0.1, 0.15) is 30.7 Å². The average Bonchev–Trinajstić information content (AvgIpc) is 2.99. The van der Waals surface area contributed by atoms with E-state index in [4.69, 9.17) is 0 Å². The van der Waals surface area contributed by atoms with Gasteiger partial charge in [0.25, 0.3) is 0 Å². The van der Waals surface area contributed by atoms with E-state index < -0.39 is 0 Å². The molecule has 0 aliphatic carbocycles. The molecule has 2 unspecified atom stereocenters. The van der Waals surface area contributed by atoms with E-state index in [9.17, 15) is 9.59 Å². The van der Waals surface area contributed by atoms with Crippen LogP contribution in [0.25, 0.3) is 0 Å². The summed E-state index contributed by atoms with van der Waals surface area (Å²) in [6.45, 7) is 2.81. The van der Waals surface area contributed by atoms with Crippen LogP contribution in [0, 0.1) is 5.92 Å². The van der Waals surface area contributed by atoms with Crippen molar-refractivity contribution in [3.05, 3.63) is 29.8 Å². The third-order valence-electron chi connectivity index (χ3n) is 4.33. The number of para-hydroxylation sites is 1. The molecule has 1 aromatic rings. The smallest absolute Gasteiger partial charge is 0.228 e. The number of hydrogen-bond acceptors (Lipinski definition) is 3. The normalized spacial score (nSPS) is 24.3. The van der Waals surface area contributed by atoms with Crippen LogP contribution >= 0.6 is 0 Å². The first kappa shape index (κ1) is 14.1. The highest BCUT2D eigenvalue weighted by Gasteiger charge is 2.30. The molecule has 1 aromatic carbocycles. The van der Waals surface area contributed by atoms with Gasteiger partial charge in [0.15, 0.2) is 0 Å². The van der Waals surface area contributed by atoms with Gasteiger partial charge in [-0.25, -0.2) is 0 Å². The van der Waals surface area contributed by atoms with Crippen LogP contribution in [0.5, 0.6) is 0 Å². The third-order valence-corrected chi connectivity index (χ3v) is 4.33. The fourth-order valence-electron chi connectivity index (χ4n) is 3.13. The van der Waals surface area contributed by atoms with Gasteiger partial charge in [0.1, 0.15) is 0 Å². The zero-order valence-corrected chi connectivity index (χ0v) is 12.0. The Morgan fingerprint density at radius 3 is 3.00 bits per heavy atom. The van der Waals surface area contributed by atoms with Gasteiger partial charge in [-0.05, 0) is 43.5 Å². The molecule has 0 saturated carbocycles. The lowest BCUT2D eigenvalue weighted by atomic mass is 9.90. The van der Waals surface area contributed by atoms with Crippen LogP contribution in [-0.2, 0) is 9.59 Å². The van der Waals surface area contributed by atoms with Gasteiger partial charge < -0.3 is 16.0 Å². The quantitative estimate of drug-likeness (QED) is 0.780. The van der Waals surface area contributed by atoms with Crippen molar-refractivity contribution in [3.8, 4) is 0 Å². The number of rotatable bonds is 4. The Balaban J connectivity index is 1.60. The molecule has 3 rings (SSSR count). The summed E-state index contributed by atoms with van der Waals surface area (Å²) in [7, 11) is 0. The minimum absolute atomic E-state index is 0.0387. The van der Waals surface area contributed by atoms with Gasteiger partial charge >= 0.3 is 0 Å². The molecule has 1 fully saturated rings. The molecule has 112 valence electrons. The topological polar surface area (TPSA) is 70.2 Å². The summed E-state index contributed by atoms with van der Waals surface area (Å²) in [6, 6.07) is 7.53. The first-order valence-corrected chi connectivity index (χ1v) is 7.61. The Labute approximate surface area is 124 Å². The van der Waals surface area contributed by atoms with E-state index in [1.54, 1.807) is 0 Å². The Morgan fingerprint density at radius 2 is 2.19 bits per heavy atom. The molecular formula is C16H21N3O2. The van der Waals surface area contributed by atoms with Crippen LogP contribution in [0.15, 0.2) is 24.3 Å². The minimum atomic E-state index is -0.364. The molecule has 3 N–H and O–H groups in total. The van der Waals surface area contributed by atoms with Crippen molar-refractivity contribution in [1.29, 1.82) is 0 Å². The molecule has 0 spiro atoms. The zero-order valence-electron chi connectivity index (χ0n) is 12.0. The van der Waals surface area contributed by atoms with E-state index >= 15 is 0 Å². The number of carbonyl (C=O) groups excluding carboxylic acids is 2. The summed E-state index contributed by atoms with van der Waals surface area (Å²) < 4.78 is 0. The molecule has 2 aliphatic rings. The average molecular weight is 287 g/mol. The number of anilines is 1. The molecule has 0 aromatic heterocycles. The van der Waals surface area contributed by atoms with Gasteiger partial charge in [-0.3, -0.25) is 9.59 Å². The standard InChI is InChI=1S/C16H21N3O2/c20-15-9-13(12-3-1-2-4-14(12)19-15)16(21)18-8-6-11-5-7-17-10-11/h1-4,11,13,17H,5-10H2,(H,18,21)(H,19,20). The van der Waals surface area contributed by atoms with Crippen LogP contribution in [0.2, 0.25) is 0 Å². The van der Waals surface area contributed by atoms with E-state index in [0.717, 1.165) is 30.8 Å². The SMILES string of the molecule is O=C1CC(C(=O)NCCC2CCNC2)c2ccccc2N1. The summed E-state index contributed by atoms with van der Waals surface area (Å²) in [5.74, 6) is 0.168. The fraction of sp³-hybridized carbons (Fsp3) is 0.500. The molecule has 2 heterocycles. The molecule has 5 nitrogen and oxygen atoms in total. The van der Waals surface area contributed by atoms with Gasteiger partial charge in [-0.1, -0.05) is 18.2 Å². The second-order valence-corrected chi connectivity index (χ2v) is 5.83. The van der Waals surface area contributed by atoms with Crippen molar-refractivity contribution < 1.29 is 9.59 Å². The van der Waals surface area contributed by atoms with E-state index in [1.165, 1.54) is 6.42 Å². The summed E-state index contributed by atoms with van der Waals surface area (Å²) in [4.78, 5) is 24.1. The lowest BCUT2D eigenvalue weighted by molar-refractivity contribution is -0.126. The number of amides is 2. The van der Waals surface area contributed by atoms with Crippen molar-refractivity contribution in [2.24, 2.45) is 5.92 Å². The fourth-order valence-corrected chi connectivity index (χ4v) is 3.13. The molecular weight excluding hydrogens is 266 g/mol. The number of hydrogen-bond donors (Lipinski definition) is 3. The highest BCUT2D eigenvalue weighted by atomic mass is 16.2. The van der Waals surface area contributed by atoms with Crippen molar-refractivity contribution in [2.75, 3.05) is 25.0 Å². The first-order valence-electron chi connectivity index (χ1n) is 7.61. The number of carbonyl (C=O) groups is 2. The predicted molar refractivity (Wildman–Crippen MR) is 81.0 cm³/mol. The Hall–Kier alpha value is -1.88. The summed E-state index contributed by atoms with van der Waals surface area (Å²) in [5, 5.41) is 9.14. The largest absolute Gasteiger partial charge is 0.356 e. The van der Waals surface area contributed by atoms with Gasteiger partial charge in [-0.2, -0.15) is 0 Å². The second kappa shape index (κ2) is 6.26. The molecule has 0 bridgehead atoms. The molecule has 1 saturated heterocycles. The van der Waals surface area contributed by atoms with Crippen molar-refractivity contribution in [2.45, 2.75) is 25.2 Å². The van der Waals surface area contributed by atoms with Crippen molar-refractivity contribution >= 4 is 17.5 Å². The summed E-state index contributed by atoms with van der Waals surface area (Å²) in [6.07, 6.45) is 2.41. The lowest BCUT2D eigenvalue weighted by Crippen LogP contribution is -2.36. The molecule has 2 amide bonds. The number of fused-ring (bicyclic) bond motifs is 1. The predicted octanol–water partition coefficient (Wildman–Crippen LogP) is 1.23. The molecule has 5 heteroatoms. The Kier molecular flexibility index (Phi) is 4.20. The third kappa shape index (κ3) is 3.24. The van der Waals surface area contributed by atoms with E-state index in [-0.39, 0.29) is 24.2 Å². The maximum Gasteiger partial charge on any atom is 0.228 e. The van der Waals surface area contributed by atoms with E-state index in [0.29, 0.717) is 12.5 Å². The van der Waals surface area contributed by atoms with Crippen LogP contribution in [0.3, 0.4) is 0 Å².